The molecule has 5 nitrogen and oxygen atoms in total. The first-order chi connectivity index (χ1) is 9.24. The van der Waals surface area contributed by atoms with Crippen LogP contribution in [0.25, 0.3) is 0 Å². The molecular formula is C15H27N3O2. The second kappa shape index (κ2) is 6.39. The van der Waals surface area contributed by atoms with E-state index in [2.05, 4.69) is 23.7 Å². The average molecular weight is 281 g/mol. The highest BCUT2D eigenvalue weighted by Gasteiger charge is 2.51. The summed E-state index contributed by atoms with van der Waals surface area (Å²) in [6, 6.07) is 0.153. The molecule has 0 heterocycles. The summed E-state index contributed by atoms with van der Waals surface area (Å²) >= 11 is 0. The quantitative estimate of drug-likeness (QED) is 0.735. The molecule has 0 saturated heterocycles. The smallest absolute Gasteiger partial charge is 0.243 e. The van der Waals surface area contributed by atoms with Crippen molar-refractivity contribution in [2.45, 2.75) is 44.7 Å². The van der Waals surface area contributed by atoms with Crippen LogP contribution in [0, 0.1) is 11.8 Å². The van der Waals surface area contributed by atoms with Crippen LogP contribution in [0.5, 0.6) is 0 Å². The van der Waals surface area contributed by atoms with Gasteiger partial charge in [0.2, 0.25) is 11.8 Å². The molecule has 114 valence electrons. The van der Waals surface area contributed by atoms with Crippen molar-refractivity contribution in [2.24, 2.45) is 17.6 Å². The molecule has 2 amide bonds. The summed E-state index contributed by atoms with van der Waals surface area (Å²) in [6.45, 7) is 7.32. The van der Waals surface area contributed by atoms with Crippen molar-refractivity contribution >= 4 is 11.8 Å². The number of nitrogens with two attached hydrogens (primary N) is 1. The van der Waals surface area contributed by atoms with E-state index in [-0.39, 0.29) is 23.8 Å². The van der Waals surface area contributed by atoms with Gasteiger partial charge in [0.25, 0.3) is 0 Å². The van der Waals surface area contributed by atoms with E-state index in [1.54, 1.807) is 0 Å². The predicted molar refractivity (Wildman–Crippen MR) is 79.9 cm³/mol. The van der Waals surface area contributed by atoms with Gasteiger partial charge in [-0.05, 0) is 46.2 Å². The monoisotopic (exact) mass is 281 g/mol. The van der Waals surface area contributed by atoms with E-state index in [4.69, 9.17) is 5.73 Å². The number of hydrogen-bond donors (Lipinski definition) is 2. The van der Waals surface area contributed by atoms with Gasteiger partial charge in [-0.3, -0.25) is 9.59 Å². The molecule has 4 atom stereocenters. The predicted octanol–water partition coefficient (Wildman–Crippen LogP) is 0.899. The van der Waals surface area contributed by atoms with Gasteiger partial charge in [-0.15, -0.1) is 6.58 Å². The number of carbonyl (C=O) groups excluding carboxylic acids is 2. The molecule has 0 aliphatic heterocycles. The fourth-order valence-corrected chi connectivity index (χ4v) is 3.32. The molecule has 0 aromatic rings. The standard InChI is InChI=1S/C15H27N3O2/c1-6-12-7-8-13(10(2)18(4)5)15(9-12,14(16)20)17-11(3)19/h6,10,12-13H,1,7-9H2,2-5H3,(H2,16,20)(H,17,19)/t10?,12-,13+,15-/m1/s1. The highest BCUT2D eigenvalue weighted by molar-refractivity contribution is 5.90. The maximum Gasteiger partial charge on any atom is 0.243 e. The van der Waals surface area contributed by atoms with Crippen molar-refractivity contribution in [1.82, 2.24) is 10.2 Å². The number of allylic oxidation sites excluding steroid dienone is 1. The summed E-state index contributed by atoms with van der Waals surface area (Å²) in [5.41, 5.74) is 4.71. The normalized spacial score (nSPS) is 31.6. The van der Waals surface area contributed by atoms with Crippen molar-refractivity contribution in [2.75, 3.05) is 14.1 Å². The molecule has 0 bridgehead atoms. The van der Waals surface area contributed by atoms with Gasteiger partial charge in [-0.25, -0.2) is 0 Å². The molecule has 1 fully saturated rings. The zero-order valence-corrected chi connectivity index (χ0v) is 13.0. The Balaban J connectivity index is 3.20. The van der Waals surface area contributed by atoms with E-state index in [0.29, 0.717) is 6.42 Å². The molecule has 0 aromatic carbocycles. The molecule has 0 aromatic heterocycles. The Bertz CT molecular complexity index is 395. The van der Waals surface area contributed by atoms with Crippen LogP contribution in [0.4, 0.5) is 0 Å². The Kier molecular flexibility index (Phi) is 5.34. The number of nitrogens with one attached hydrogen (secondary N) is 1. The van der Waals surface area contributed by atoms with Crippen LogP contribution in [0.15, 0.2) is 12.7 Å². The second-order valence-electron chi connectivity index (χ2n) is 6.10. The average Bonchev–Trinajstić information content (AvgIpc) is 2.36. The molecule has 1 saturated carbocycles. The number of rotatable bonds is 5. The first-order valence-electron chi connectivity index (χ1n) is 7.12. The Morgan fingerprint density at radius 3 is 2.45 bits per heavy atom. The minimum Gasteiger partial charge on any atom is -0.368 e. The van der Waals surface area contributed by atoms with Gasteiger partial charge in [0.05, 0.1) is 0 Å². The Labute approximate surface area is 121 Å². The van der Waals surface area contributed by atoms with Gasteiger partial charge < -0.3 is 16.0 Å². The lowest BCUT2D eigenvalue weighted by molar-refractivity contribution is -0.136. The highest BCUT2D eigenvalue weighted by Crippen LogP contribution is 2.40. The van der Waals surface area contributed by atoms with Crippen LogP contribution >= 0.6 is 0 Å². The third-order valence-corrected chi connectivity index (χ3v) is 4.63. The summed E-state index contributed by atoms with van der Waals surface area (Å²) in [4.78, 5) is 25.8. The summed E-state index contributed by atoms with van der Waals surface area (Å²) < 4.78 is 0. The van der Waals surface area contributed by atoms with E-state index in [1.807, 2.05) is 20.2 Å². The van der Waals surface area contributed by atoms with E-state index < -0.39 is 11.4 Å². The number of primary amides is 1. The summed E-state index contributed by atoms with van der Waals surface area (Å²) in [5, 5.41) is 2.86. The maximum absolute atomic E-state index is 12.2. The van der Waals surface area contributed by atoms with Gasteiger partial charge in [0, 0.05) is 18.9 Å². The van der Waals surface area contributed by atoms with E-state index >= 15 is 0 Å². The van der Waals surface area contributed by atoms with Crippen molar-refractivity contribution in [3.63, 3.8) is 0 Å². The van der Waals surface area contributed by atoms with Crippen LogP contribution in [-0.2, 0) is 9.59 Å². The topological polar surface area (TPSA) is 75.4 Å². The van der Waals surface area contributed by atoms with Crippen LogP contribution in [-0.4, -0.2) is 42.4 Å². The molecular weight excluding hydrogens is 254 g/mol. The largest absolute Gasteiger partial charge is 0.368 e. The third kappa shape index (κ3) is 3.20. The molecule has 5 heteroatoms. The van der Waals surface area contributed by atoms with Gasteiger partial charge in [-0.1, -0.05) is 6.08 Å². The zero-order chi connectivity index (χ0) is 15.5. The minimum absolute atomic E-state index is 0.00935. The van der Waals surface area contributed by atoms with Gasteiger partial charge in [0.15, 0.2) is 0 Å². The first-order valence-corrected chi connectivity index (χ1v) is 7.12. The molecule has 0 spiro atoms. The third-order valence-electron chi connectivity index (χ3n) is 4.63. The van der Waals surface area contributed by atoms with E-state index in [0.717, 1.165) is 12.8 Å². The van der Waals surface area contributed by atoms with E-state index in [1.165, 1.54) is 6.92 Å². The van der Waals surface area contributed by atoms with Gasteiger partial charge in [-0.2, -0.15) is 0 Å². The lowest BCUT2D eigenvalue weighted by Gasteiger charge is -2.48. The van der Waals surface area contributed by atoms with Crippen LogP contribution in [0.2, 0.25) is 0 Å². The summed E-state index contributed by atoms with van der Waals surface area (Å²) in [6.07, 6.45) is 4.21. The molecule has 20 heavy (non-hydrogen) atoms. The molecule has 1 aliphatic carbocycles. The van der Waals surface area contributed by atoms with Crippen molar-refractivity contribution in [3.8, 4) is 0 Å². The maximum atomic E-state index is 12.2. The Hall–Kier alpha value is -1.36. The van der Waals surface area contributed by atoms with Crippen LogP contribution < -0.4 is 11.1 Å². The number of amides is 2. The molecule has 1 rings (SSSR count). The van der Waals surface area contributed by atoms with Crippen molar-refractivity contribution in [3.05, 3.63) is 12.7 Å². The SMILES string of the molecule is C=C[C@@H]1CC[C@@H](C(C)N(C)C)[C@@](NC(C)=O)(C(N)=O)C1. The Morgan fingerprint density at radius 1 is 1.45 bits per heavy atom. The molecule has 3 N–H and O–H groups in total. The van der Waals surface area contributed by atoms with Gasteiger partial charge >= 0.3 is 0 Å². The molecule has 1 aliphatic rings. The fraction of sp³-hybridized carbons (Fsp3) is 0.733. The second-order valence-corrected chi connectivity index (χ2v) is 6.10. The highest BCUT2D eigenvalue weighted by atomic mass is 16.2. The molecule has 0 radical (unpaired) electrons. The van der Waals surface area contributed by atoms with Crippen molar-refractivity contribution in [1.29, 1.82) is 0 Å². The fourth-order valence-electron chi connectivity index (χ4n) is 3.32. The number of hydrogen-bond acceptors (Lipinski definition) is 3. The number of carbonyl (C=O) groups is 2. The van der Waals surface area contributed by atoms with Crippen LogP contribution in [0.1, 0.15) is 33.1 Å². The van der Waals surface area contributed by atoms with Gasteiger partial charge in [0.1, 0.15) is 5.54 Å². The van der Waals surface area contributed by atoms with E-state index in [9.17, 15) is 9.59 Å². The first kappa shape index (κ1) is 16.7. The number of nitrogens with zero attached hydrogens (tertiary/aromatic N) is 1. The molecule has 1 unspecified atom stereocenters. The van der Waals surface area contributed by atoms with Crippen molar-refractivity contribution < 1.29 is 9.59 Å². The lowest BCUT2D eigenvalue weighted by Crippen LogP contribution is -2.67. The Morgan fingerprint density at radius 2 is 2.05 bits per heavy atom. The van der Waals surface area contributed by atoms with Crippen LogP contribution in [0.3, 0.4) is 0 Å². The lowest BCUT2D eigenvalue weighted by atomic mass is 9.65. The zero-order valence-electron chi connectivity index (χ0n) is 13.0. The summed E-state index contributed by atoms with van der Waals surface area (Å²) in [7, 11) is 3.95. The minimum atomic E-state index is -0.980. The summed E-state index contributed by atoms with van der Waals surface area (Å²) in [5.74, 6) is -0.447.